The van der Waals surface area contributed by atoms with Crippen molar-refractivity contribution in [2.24, 2.45) is 5.73 Å². The topological polar surface area (TPSA) is 102 Å². The smallest absolute Gasteiger partial charge is 0.241 e. The minimum Gasteiger partial charge on any atom is -0.358 e. The first-order valence-corrected chi connectivity index (χ1v) is 7.32. The summed E-state index contributed by atoms with van der Waals surface area (Å²) in [6, 6.07) is 0. The molecule has 1 aliphatic carbocycles. The van der Waals surface area contributed by atoms with Crippen LogP contribution in [0.4, 0.5) is 5.69 Å². The molecule has 2 amide bonds. The number of hydrogen-bond acceptors (Lipinski definition) is 4. The van der Waals surface area contributed by atoms with E-state index in [0.717, 1.165) is 25.7 Å². The number of nitrogens with two attached hydrogens (primary N) is 1. The van der Waals surface area contributed by atoms with Gasteiger partial charge in [0, 0.05) is 25.2 Å². The Morgan fingerprint density at radius 3 is 2.71 bits per heavy atom. The summed E-state index contributed by atoms with van der Waals surface area (Å²) in [7, 11) is 1.57. The van der Waals surface area contributed by atoms with Gasteiger partial charge in [-0.25, -0.2) is 0 Å². The van der Waals surface area contributed by atoms with Crippen molar-refractivity contribution in [1.29, 1.82) is 0 Å². The van der Waals surface area contributed by atoms with Crippen LogP contribution < -0.4 is 16.4 Å². The minimum absolute atomic E-state index is 0.0982. The van der Waals surface area contributed by atoms with Gasteiger partial charge >= 0.3 is 0 Å². The lowest BCUT2D eigenvalue weighted by molar-refractivity contribution is -0.121. The third-order valence-electron chi connectivity index (χ3n) is 3.86. The second-order valence-electron chi connectivity index (χ2n) is 5.75. The van der Waals surface area contributed by atoms with Crippen LogP contribution in [-0.4, -0.2) is 34.2 Å². The van der Waals surface area contributed by atoms with Crippen LogP contribution in [0.1, 0.15) is 38.5 Å². The number of carbonyl (C=O) groups is 2. The van der Waals surface area contributed by atoms with Crippen molar-refractivity contribution in [2.75, 3.05) is 12.4 Å². The first-order chi connectivity index (χ1) is 10.0. The van der Waals surface area contributed by atoms with Gasteiger partial charge < -0.3 is 16.4 Å². The molecule has 1 aliphatic rings. The maximum Gasteiger partial charge on any atom is 0.241 e. The zero-order valence-electron chi connectivity index (χ0n) is 12.4. The van der Waals surface area contributed by atoms with Gasteiger partial charge in [0.15, 0.2) is 0 Å². The number of hydrogen-bond donors (Lipinski definition) is 3. The van der Waals surface area contributed by atoms with Crippen LogP contribution in [0.15, 0.2) is 12.4 Å². The first kappa shape index (κ1) is 15.5. The lowest BCUT2D eigenvalue weighted by Crippen LogP contribution is -2.44. The van der Waals surface area contributed by atoms with Crippen LogP contribution >= 0.6 is 0 Å². The van der Waals surface area contributed by atoms with E-state index in [0.29, 0.717) is 12.1 Å². The van der Waals surface area contributed by atoms with Crippen molar-refractivity contribution in [2.45, 2.75) is 50.6 Å². The Labute approximate surface area is 124 Å². The van der Waals surface area contributed by atoms with E-state index in [-0.39, 0.29) is 23.9 Å². The summed E-state index contributed by atoms with van der Waals surface area (Å²) in [5.41, 5.74) is 6.48. The zero-order chi connectivity index (χ0) is 15.3. The van der Waals surface area contributed by atoms with Crippen molar-refractivity contribution < 1.29 is 9.59 Å². The highest BCUT2D eigenvalue weighted by atomic mass is 16.2. The number of amides is 2. The van der Waals surface area contributed by atoms with Gasteiger partial charge in [0.1, 0.15) is 6.54 Å². The average Bonchev–Trinajstić information content (AvgIpc) is 2.85. The molecular formula is C14H23N5O2. The number of carbonyl (C=O) groups excluding carboxylic acids is 2. The van der Waals surface area contributed by atoms with E-state index in [4.69, 9.17) is 5.73 Å². The fourth-order valence-electron chi connectivity index (χ4n) is 2.70. The summed E-state index contributed by atoms with van der Waals surface area (Å²) in [5, 5.41) is 9.34. The number of nitrogens with zero attached hydrogens (tertiary/aromatic N) is 2. The normalized spacial score (nSPS) is 17.2. The lowest BCUT2D eigenvalue weighted by Gasteiger charge is -2.32. The minimum atomic E-state index is -0.375. The van der Waals surface area contributed by atoms with E-state index in [2.05, 4.69) is 15.7 Å². The van der Waals surface area contributed by atoms with E-state index in [1.54, 1.807) is 13.2 Å². The van der Waals surface area contributed by atoms with Crippen LogP contribution in [0.3, 0.4) is 0 Å². The van der Waals surface area contributed by atoms with Crippen molar-refractivity contribution in [3.63, 3.8) is 0 Å². The largest absolute Gasteiger partial charge is 0.358 e. The molecule has 1 heterocycles. The quantitative estimate of drug-likeness (QED) is 0.740. The molecule has 0 radical (unpaired) electrons. The molecule has 116 valence electrons. The SMILES string of the molecule is CNC(=O)Cn1cc(NC(=O)CC2(N)CCCCC2)cn1. The highest BCUT2D eigenvalue weighted by Crippen LogP contribution is 2.28. The van der Waals surface area contributed by atoms with Crippen molar-refractivity contribution in [3.05, 3.63) is 12.4 Å². The molecule has 1 aromatic heterocycles. The van der Waals surface area contributed by atoms with Crippen molar-refractivity contribution >= 4 is 17.5 Å². The number of aromatic nitrogens is 2. The van der Waals surface area contributed by atoms with Gasteiger partial charge in [-0.2, -0.15) is 5.10 Å². The predicted octanol–water partition coefficient (Wildman–Crippen LogP) is 0.619. The van der Waals surface area contributed by atoms with Gasteiger partial charge in [-0.05, 0) is 12.8 Å². The Morgan fingerprint density at radius 1 is 1.33 bits per heavy atom. The molecule has 7 heteroatoms. The summed E-state index contributed by atoms with van der Waals surface area (Å²) >= 11 is 0. The van der Waals surface area contributed by atoms with Crippen LogP contribution in [0, 0.1) is 0 Å². The Kier molecular flexibility index (Phi) is 4.95. The highest BCUT2D eigenvalue weighted by molar-refractivity contribution is 5.91. The second kappa shape index (κ2) is 6.71. The third kappa shape index (κ3) is 4.56. The zero-order valence-corrected chi connectivity index (χ0v) is 12.4. The van der Waals surface area contributed by atoms with E-state index in [1.165, 1.54) is 17.3 Å². The molecule has 0 spiro atoms. The fourth-order valence-corrected chi connectivity index (χ4v) is 2.70. The lowest BCUT2D eigenvalue weighted by atomic mass is 9.80. The standard InChI is InChI=1S/C14H23N5O2/c1-16-13(21)10-19-9-11(8-17-19)18-12(20)7-14(15)5-3-2-4-6-14/h8-9H,2-7,10,15H2,1H3,(H,16,21)(H,18,20). The van der Waals surface area contributed by atoms with Gasteiger partial charge in [-0.1, -0.05) is 19.3 Å². The second-order valence-corrected chi connectivity index (χ2v) is 5.75. The molecule has 21 heavy (non-hydrogen) atoms. The summed E-state index contributed by atoms with van der Waals surface area (Å²) in [6.07, 6.45) is 8.68. The van der Waals surface area contributed by atoms with E-state index >= 15 is 0 Å². The Bertz CT molecular complexity index is 505. The molecule has 0 bridgehead atoms. The van der Waals surface area contributed by atoms with Gasteiger partial charge in [0.25, 0.3) is 0 Å². The molecule has 0 atom stereocenters. The molecule has 0 unspecified atom stereocenters. The van der Waals surface area contributed by atoms with Crippen LogP contribution in [-0.2, 0) is 16.1 Å². The monoisotopic (exact) mass is 293 g/mol. The maximum atomic E-state index is 12.1. The van der Waals surface area contributed by atoms with E-state index in [9.17, 15) is 9.59 Å². The van der Waals surface area contributed by atoms with Crippen molar-refractivity contribution in [3.8, 4) is 0 Å². The molecule has 1 fully saturated rings. The summed E-state index contributed by atoms with van der Waals surface area (Å²) in [4.78, 5) is 23.3. The summed E-state index contributed by atoms with van der Waals surface area (Å²) < 4.78 is 1.48. The van der Waals surface area contributed by atoms with Gasteiger partial charge in [0.2, 0.25) is 11.8 Å². The van der Waals surface area contributed by atoms with Crippen molar-refractivity contribution in [1.82, 2.24) is 15.1 Å². The fraction of sp³-hybridized carbons (Fsp3) is 0.643. The highest BCUT2D eigenvalue weighted by Gasteiger charge is 2.30. The van der Waals surface area contributed by atoms with Gasteiger partial charge in [-0.3, -0.25) is 14.3 Å². The van der Waals surface area contributed by atoms with Crippen LogP contribution in [0.25, 0.3) is 0 Å². The van der Waals surface area contributed by atoms with Gasteiger partial charge in [-0.15, -0.1) is 0 Å². The average molecular weight is 293 g/mol. The molecule has 0 saturated heterocycles. The number of likely N-dealkylation sites (N-methyl/N-ethyl adjacent to an activating group) is 1. The number of nitrogens with one attached hydrogen (secondary N) is 2. The van der Waals surface area contributed by atoms with Crippen LogP contribution in [0.5, 0.6) is 0 Å². The first-order valence-electron chi connectivity index (χ1n) is 7.32. The molecule has 7 nitrogen and oxygen atoms in total. The summed E-state index contributed by atoms with van der Waals surface area (Å²) in [6.45, 7) is 0.132. The molecule has 4 N–H and O–H groups in total. The third-order valence-corrected chi connectivity index (χ3v) is 3.86. The van der Waals surface area contributed by atoms with E-state index in [1.807, 2.05) is 0 Å². The molecule has 1 saturated carbocycles. The molecule has 0 aromatic carbocycles. The Morgan fingerprint density at radius 2 is 2.05 bits per heavy atom. The van der Waals surface area contributed by atoms with E-state index < -0.39 is 0 Å². The van der Waals surface area contributed by atoms with Gasteiger partial charge in [0.05, 0.1) is 11.9 Å². The predicted molar refractivity (Wildman–Crippen MR) is 79.5 cm³/mol. The maximum absolute atomic E-state index is 12.1. The number of anilines is 1. The Hall–Kier alpha value is -1.89. The number of rotatable bonds is 5. The van der Waals surface area contributed by atoms with Crippen LogP contribution in [0.2, 0.25) is 0 Å². The molecule has 1 aromatic rings. The molecule has 0 aliphatic heterocycles. The molecule has 2 rings (SSSR count). The molecular weight excluding hydrogens is 270 g/mol. The summed E-state index contributed by atoms with van der Waals surface area (Å²) in [5.74, 6) is -0.238. The Balaban J connectivity index is 1.86.